The van der Waals surface area contributed by atoms with Crippen molar-refractivity contribution in [1.29, 1.82) is 0 Å². The van der Waals surface area contributed by atoms with Gasteiger partial charge in [0, 0.05) is 30.5 Å². The van der Waals surface area contributed by atoms with Crippen molar-refractivity contribution in [3.05, 3.63) is 28.2 Å². The average molecular weight is 323 g/mol. The number of fused-ring (bicyclic) bond motifs is 2. The standard InChI is InChI=1S/C15H19BrN2O/c16-13-1-2-15-10(3-13)4-14(19-15)9-18-7-11-5-17-6-12(11)8-18/h1-3,11-12,14,17H,4-9H2. The molecule has 0 spiro atoms. The first-order chi connectivity index (χ1) is 9.28. The summed E-state index contributed by atoms with van der Waals surface area (Å²) in [4.78, 5) is 2.60. The first-order valence-corrected chi connectivity index (χ1v) is 7.95. The molecule has 0 radical (unpaired) electrons. The van der Waals surface area contributed by atoms with E-state index in [1.54, 1.807) is 0 Å². The molecule has 1 aromatic carbocycles. The molecule has 3 aliphatic heterocycles. The van der Waals surface area contributed by atoms with Gasteiger partial charge in [-0.2, -0.15) is 0 Å². The number of nitrogens with zero attached hydrogens (tertiary/aromatic N) is 1. The van der Waals surface area contributed by atoms with Gasteiger partial charge in [0.05, 0.1) is 0 Å². The summed E-state index contributed by atoms with van der Waals surface area (Å²) in [5, 5.41) is 3.50. The van der Waals surface area contributed by atoms with E-state index >= 15 is 0 Å². The van der Waals surface area contributed by atoms with Crippen LogP contribution >= 0.6 is 15.9 Å². The molecule has 0 aromatic heterocycles. The predicted octanol–water partition coefficient (Wildman–Crippen LogP) is 1.90. The van der Waals surface area contributed by atoms with Crippen LogP contribution in [0.1, 0.15) is 5.56 Å². The summed E-state index contributed by atoms with van der Waals surface area (Å²) in [6, 6.07) is 6.34. The van der Waals surface area contributed by atoms with Gasteiger partial charge in [0.1, 0.15) is 11.9 Å². The van der Waals surface area contributed by atoms with Crippen LogP contribution in [0.5, 0.6) is 5.75 Å². The van der Waals surface area contributed by atoms with Crippen molar-refractivity contribution in [3.63, 3.8) is 0 Å². The van der Waals surface area contributed by atoms with Gasteiger partial charge < -0.3 is 10.1 Å². The first-order valence-electron chi connectivity index (χ1n) is 7.16. The van der Waals surface area contributed by atoms with Crippen LogP contribution in [0.3, 0.4) is 0 Å². The Balaban J connectivity index is 1.38. The van der Waals surface area contributed by atoms with E-state index in [4.69, 9.17) is 4.74 Å². The Labute approximate surface area is 122 Å². The Morgan fingerprint density at radius 3 is 2.84 bits per heavy atom. The number of benzene rings is 1. The highest BCUT2D eigenvalue weighted by Crippen LogP contribution is 2.33. The molecule has 2 fully saturated rings. The molecular formula is C15H19BrN2O. The Kier molecular flexibility index (Phi) is 3.05. The van der Waals surface area contributed by atoms with Gasteiger partial charge in [-0.15, -0.1) is 0 Å². The second-order valence-corrected chi connectivity index (χ2v) is 7.01. The van der Waals surface area contributed by atoms with Crippen LogP contribution in [-0.4, -0.2) is 43.7 Å². The van der Waals surface area contributed by atoms with Crippen LogP contribution in [0.4, 0.5) is 0 Å². The molecule has 3 heterocycles. The number of likely N-dealkylation sites (tertiary alicyclic amines) is 1. The number of nitrogens with one attached hydrogen (secondary N) is 1. The first kappa shape index (κ1) is 12.2. The molecule has 4 rings (SSSR count). The minimum absolute atomic E-state index is 0.344. The van der Waals surface area contributed by atoms with Gasteiger partial charge in [-0.3, -0.25) is 4.90 Å². The monoisotopic (exact) mass is 322 g/mol. The topological polar surface area (TPSA) is 24.5 Å². The lowest BCUT2D eigenvalue weighted by atomic mass is 10.0. The van der Waals surface area contributed by atoms with E-state index in [0.29, 0.717) is 6.10 Å². The van der Waals surface area contributed by atoms with Crippen molar-refractivity contribution in [1.82, 2.24) is 10.2 Å². The van der Waals surface area contributed by atoms with Crippen molar-refractivity contribution >= 4 is 15.9 Å². The second kappa shape index (κ2) is 4.76. The summed E-state index contributed by atoms with van der Waals surface area (Å²) in [5.74, 6) is 2.82. The molecular weight excluding hydrogens is 304 g/mol. The molecule has 4 heteroatoms. The zero-order chi connectivity index (χ0) is 12.8. The molecule has 0 bridgehead atoms. The smallest absolute Gasteiger partial charge is 0.123 e. The van der Waals surface area contributed by atoms with Crippen LogP contribution in [0, 0.1) is 11.8 Å². The fourth-order valence-electron chi connectivity index (χ4n) is 3.78. The van der Waals surface area contributed by atoms with E-state index in [-0.39, 0.29) is 0 Å². The molecule has 3 atom stereocenters. The van der Waals surface area contributed by atoms with Gasteiger partial charge in [-0.1, -0.05) is 15.9 Å². The van der Waals surface area contributed by atoms with E-state index in [9.17, 15) is 0 Å². The predicted molar refractivity (Wildman–Crippen MR) is 78.6 cm³/mol. The summed E-state index contributed by atoms with van der Waals surface area (Å²) in [5.41, 5.74) is 1.35. The Bertz CT molecular complexity index is 481. The third-order valence-corrected chi connectivity index (χ3v) is 5.18. The van der Waals surface area contributed by atoms with E-state index in [0.717, 1.165) is 35.0 Å². The maximum atomic E-state index is 6.07. The lowest BCUT2D eigenvalue weighted by Crippen LogP contribution is -2.35. The second-order valence-electron chi connectivity index (χ2n) is 6.09. The third kappa shape index (κ3) is 2.30. The zero-order valence-corrected chi connectivity index (χ0v) is 12.5. The maximum Gasteiger partial charge on any atom is 0.123 e. The molecule has 1 aromatic rings. The summed E-state index contributed by atoms with van der Waals surface area (Å²) in [7, 11) is 0. The number of ether oxygens (including phenoxy) is 1. The van der Waals surface area contributed by atoms with Gasteiger partial charge in [-0.05, 0) is 48.7 Å². The molecule has 0 amide bonds. The van der Waals surface area contributed by atoms with Crippen molar-refractivity contribution in [2.24, 2.45) is 11.8 Å². The molecule has 102 valence electrons. The van der Waals surface area contributed by atoms with Gasteiger partial charge in [0.25, 0.3) is 0 Å². The fraction of sp³-hybridized carbons (Fsp3) is 0.600. The SMILES string of the molecule is Brc1ccc2c(c1)CC(CN1CC3CNCC3C1)O2. The van der Waals surface area contributed by atoms with Gasteiger partial charge in [0.2, 0.25) is 0 Å². The highest BCUT2D eigenvalue weighted by Gasteiger charge is 2.37. The van der Waals surface area contributed by atoms with Crippen molar-refractivity contribution < 1.29 is 4.74 Å². The number of rotatable bonds is 2. The van der Waals surface area contributed by atoms with Crippen LogP contribution in [0.2, 0.25) is 0 Å². The average Bonchev–Trinajstić information content (AvgIpc) is 3.01. The Morgan fingerprint density at radius 1 is 1.26 bits per heavy atom. The van der Waals surface area contributed by atoms with Crippen LogP contribution in [-0.2, 0) is 6.42 Å². The summed E-state index contributed by atoms with van der Waals surface area (Å²) >= 11 is 3.53. The van der Waals surface area contributed by atoms with E-state index in [1.165, 1.54) is 31.7 Å². The van der Waals surface area contributed by atoms with Crippen molar-refractivity contribution in [3.8, 4) is 5.75 Å². The van der Waals surface area contributed by atoms with Gasteiger partial charge >= 0.3 is 0 Å². The molecule has 1 N–H and O–H groups in total. The highest BCUT2D eigenvalue weighted by molar-refractivity contribution is 9.10. The highest BCUT2D eigenvalue weighted by atomic mass is 79.9. The molecule has 19 heavy (non-hydrogen) atoms. The molecule has 0 aliphatic carbocycles. The van der Waals surface area contributed by atoms with E-state index in [1.807, 2.05) is 0 Å². The van der Waals surface area contributed by atoms with Crippen molar-refractivity contribution in [2.45, 2.75) is 12.5 Å². The lowest BCUT2D eigenvalue weighted by Gasteiger charge is -2.21. The lowest BCUT2D eigenvalue weighted by molar-refractivity contribution is 0.162. The summed E-state index contributed by atoms with van der Waals surface area (Å²) in [6.45, 7) is 5.99. The fourth-order valence-corrected chi connectivity index (χ4v) is 4.19. The Morgan fingerprint density at radius 2 is 2.05 bits per heavy atom. The molecule has 3 unspecified atom stereocenters. The van der Waals surface area contributed by atoms with Gasteiger partial charge in [0.15, 0.2) is 0 Å². The molecule has 3 nitrogen and oxygen atoms in total. The quantitative estimate of drug-likeness (QED) is 0.900. The van der Waals surface area contributed by atoms with Crippen molar-refractivity contribution in [2.75, 3.05) is 32.7 Å². The van der Waals surface area contributed by atoms with Crippen LogP contribution in [0.25, 0.3) is 0 Å². The minimum Gasteiger partial charge on any atom is -0.488 e. The number of hydrogen-bond donors (Lipinski definition) is 1. The summed E-state index contributed by atoms with van der Waals surface area (Å²) < 4.78 is 7.22. The molecule has 3 aliphatic rings. The van der Waals surface area contributed by atoms with Gasteiger partial charge in [-0.25, -0.2) is 0 Å². The van der Waals surface area contributed by atoms with E-state index in [2.05, 4.69) is 44.3 Å². The Hall–Kier alpha value is -0.580. The zero-order valence-electron chi connectivity index (χ0n) is 10.9. The van der Waals surface area contributed by atoms with E-state index < -0.39 is 0 Å². The normalized spacial score (nSPS) is 33.2. The number of hydrogen-bond acceptors (Lipinski definition) is 3. The number of halogens is 1. The largest absolute Gasteiger partial charge is 0.488 e. The third-order valence-electron chi connectivity index (χ3n) is 4.69. The van der Waals surface area contributed by atoms with Crippen LogP contribution in [0.15, 0.2) is 22.7 Å². The minimum atomic E-state index is 0.344. The molecule has 2 saturated heterocycles. The molecule has 0 saturated carbocycles. The van der Waals surface area contributed by atoms with Crippen LogP contribution < -0.4 is 10.1 Å². The summed E-state index contributed by atoms with van der Waals surface area (Å²) in [6.07, 6.45) is 1.40. The maximum absolute atomic E-state index is 6.07.